The zero-order valence-corrected chi connectivity index (χ0v) is 25.8. The van der Waals surface area contributed by atoms with Gasteiger partial charge in [0.1, 0.15) is 22.9 Å². The first-order valence-corrected chi connectivity index (χ1v) is 13.1. The first-order chi connectivity index (χ1) is 18.5. The number of nitrogens with two attached hydrogens (primary N) is 1. The van der Waals surface area contributed by atoms with Crippen LogP contribution in [0.25, 0.3) is 0 Å². The van der Waals surface area contributed by atoms with Gasteiger partial charge in [-0.05, 0) is 49.2 Å². The van der Waals surface area contributed by atoms with E-state index in [0.717, 1.165) is 22.6 Å². The predicted octanol–water partition coefficient (Wildman–Crippen LogP) is 4.10. The molecule has 0 unspecified atom stereocenters. The minimum Gasteiger partial charge on any atom is -0.494 e. The van der Waals surface area contributed by atoms with E-state index in [1.54, 1.807) is 25.0 Å². The predicted molar refractivity (Wildman–Crippen MR) is 161 cm³/mol. The van der Waals surface area contributed by atoms with E-state index in [1.807, 2.05) is 12.1 Å². The lowest BCUT2D eigenvalue weighted by Crippen LogP contribution is -2.37. The number of hydrogen-bond donors (Lipinski definition) is 3. The number of methoxy groups -OCH3 is 1. The zero-order valence-electron chi connectivity index (χ0n) is 24.1. The third-order valence-electron chi connectivity index (χ3n) is 6.76. The summed E-state index contributed by atoms with van der Waals surface area (Å²) in [6.45, 7) is 11.3. The van der Waals surface area contributed by atoms with E-state index in [4.69, 9.17) is 19.6 Å². The number of carboxylic acids is 1. The zero-order chi connectivity index (χ0) is 28.9. The fraction of sp³-hybridized carbons (Fsp3) is 0.483. The molecule has 4 N–H and O–H groups in total. The Morgan fingerprint density at radius 1 is 1.12 bits per heavy atom. The molecule has 2 heterocycles. The number of Topliss-reactive ketones (excluding diaryl/α,β-unsaturated/α-hetero) is 1. The van der Waals surface area contributed by atoms with Crippen LogP contribution in [0.2, 0.25) is 0 Å². The molecule has 0 saturated carbocycles. The first kappa shape index (κ1) is 33.1. The van der Waals surface area contributed by atoms with Crippen molar-refractivity contribution >= 4 is 40.3 Å². The number of aromatic carboxylic acids is 1. The topological polar surface area (TPSA) is 138 Å². The van der Waals surface area contributed by atoms with Gasteiger partial charge in [-0.1, -0.05) is 20.8 Å². The lowest BCUT2D eigenvalue weighted by molar-refractivity contribution is 0.0692. The molecule has 1 saturated heterocycles. The third-order valence-corrected chi connectivity index (χ3v) is 6.76. The van der Waals surface area contributed by atoms with Gasteiger partial charge >= 0.3 is 5.97 Å². The molecule has 2 aromatic carbocycles. The van der Waals surface area contributed by atoms with E-state index in [1.165, 1.54) is 13.1 Å². The van der Waals surface area contributed by atoms with Gasteiger partial charge in [-0.2, -0.15) is 0 Å². The number of amidine groups is 1. The van der Waals surface area contributed by atoms with Crippen LogP contribution in [-0.4, -0.2) is 81.2 Å². The molecule has 2 aliphatic rings. The Bertz CT molecular complexity index is 1240. The second-order valence-electron chi connectivity index (χ2n) is 10.3. The number of nitrogens with zero attached hydrogens (tertiary/aromatic N) is 2. The number of ketones is 1. The number of carboxylic acid groups (broad SMARTS) is 1. The highest BCUT2D eigenvalue weighted by Crippen LogP contribution is 2.41. The molecule has 11 heteroatoms. The minimum atomic E-state index is -1.11. The second kappa shape index (κ2) is 14.0. The summed E-state index contributed by atoms with van der Waals surface area (Å²) in [6.07, 6.45) is 0. The average Bonchev–Trinajstić information content (AvgIpc) is 3.22. The molecule has 2 aromatic rings. The van der Waals surface area contributed by atoms with Crippen molar-refractivity contribution in [1.29, 1.82) is 5.41 Å². The number of nitrogens with one attached hydrogen (secondary N) is 1. The van der Waals surface area contributed by atoms with Crippen LogP contribution in [0.3, 0.4) is 0 Å². The van der Waals surface area contributed by atoms with E-state index in [9.17, 15) is 14.7 Å². The van der Waals surface area contributed by atoms with Crippen molar-refractivity contribution in [3.63, 3.8) is 0 Å². The molecule has 40 heavy (non-hydrogen) atoms. The standard InChI is InChI=1S/C28H35N3O6.CH5N.BrH/c1-6-37-24-13-18-15-31(26(29)19(18)14-20(24)27(33)34)16-23(32)17-11-21(28(2,3)4)25(35-5)22(12-17)30-7-9-36-10-8-30;1-2;/h11-14,29H,6-10,15-16H2,1-5H3,(H,33,34);2H2,1H3;1H. The number of anilines is 1. The molecule has 1 fully saturated rings. The summed E-state index contributed by atoms with van der Waals surface area (Å²) in [5.74, 6) is -0.0699. The normalized spacial score (nSPS) is 14.5. The molecule has 0 atom stereocenters. The molecule has 4 rings (SSSR count). The highest BCUT2D eigenvalue weighted by Gasteiger charge is 2.31. The molecule has 2 aliphatic heterocycles. The molecule has 10 nitrogen and oxygen atoms in total. The van der Waals surface area contributed by atoms with E-state index in [-0.39, 0.29) is 51.9 Å². The van der Waals surface area contributed by atoms with Crippen LogP contribution in [0.1, 0.15) is 65.1 Å². The van der Waals surface area contributed by atoms with Gasteiger partial charge in [0.05, 0.1) is 39.2 Å². The van der Waals surface area contributed by atoms with Crippen molar-refractivity contribution in [1.82, 2.24) is 4.90 Å². The highest BCUT2D eigenvalue weighted by molar-refractivity contribution is 8.93. The molecule has 0 radical (unpaired) electrons. The smallest absolute Gasteiger partial charge is 0.339 e. The van der Waals surface area contributed by atoms with Crippen molar-refractivity contribution < 1.29 is 28.9 Å². The number of benzene rings is 2. The largest absolute Gasteiger partial charge is 0.494 e. The van der Waals surface area contributed by atoms with Gasteiger partial charge in [-0.15, -0.1) is 17.0 Å². The van der Waals surface area contributed by atoms with Crippen molar-refractivity contribution in [2.75, 3.05) is 58.5 Å². The summed E-state index contributed by atoms with van der Waals surface area (Å²) in [4.78, 5) is 29.2. The molecule has 0 aromatic heterocycles. The van der Waals surface area contributed by atoms with Crippen LogP contribution < -0.4 is 20.1 Å². The number of rotatable bonds is 8. The monoisotopic (exact) mass is 620 g/mol. The Labute approximate surface area is 246 Å². The summed E-state index contributed by atoms with van der Waals surface area (Å²) in [5.41, 5.74) is 7.89. The van der Waals surface area contributed by atoms with Gasteiger partial charge < -0.3 is 34.9 Å². The SMILES string of the molecule is Br.CCOc1cc2c(cc1C(=O)O)C(=N)N(CC(=O)c1cc(N3CCOCC3)c(OC)c(C(C)(C)C)c1)C2.CN. The Morgan fingerprint density at radius 2 is 1.77 bits per heavy atom. The van der Waals surface area contributed by atoms with Crippen LogP contribution in [0, 0.1) is 5.41 Å². The summed E-state index contributed by atoms with van der Waals surface area (Å²) in [7, 11) is 3.15. The van der Waals surface area contributed by atoms with Crippen molar-refractivity contribution in [2.24, 2.45) is 5.73 Å². The van der Waals surface area contributed by atoms with Crippen molar-refractivity contribution in [2.45, 2.75) is 39.7 Å². The molecule has 0 bridgehead atoms. The van der Waals surface area contributed by atoms with Crippen LogP contribution in [0.5, 0.6) is 11.5 Å². The lowest BCUT2D eigenvalue weighted by atomic mass is 9.84. The summed E-state index contributed by atoms with van der Waals surface area (Å²) in [5, 5.41) is 18.3. The maximum atomic E-state index is 13.6. The average molecular weight is 622 g/mol. The Kier molecular flexibility index (Phi) is 11.5. The van der Waals surface area contributed by atoms with Gasteiger partial charge in [-0.25, -0.2) is 4.79 Å². The van der Waals surface area contributed by atoms with Gasteiger partial charge in [0.15, 0.2) is 5.78 Å². The number of carbonyl (C=O) groups is 2. The molecule has 0 spiro atoms. The van der Waals surface area contributed by atoms with E-state index in [2.05, 4.69) is 31.4 Å². The van der Waals surface area contributed by atoms with Gasteiger partial charge in [0, 0.05) is 36.3 Å². The maximum absolute atomic E-state index is 13.6. The van der Waals surface area contributed by atoms with Crippen LogP contribution >= 0.6 is 17.0 Å². The van der Waals surface area contributed by atoms with Gasteiger partial charge in [0.25, 0.3) is 0 Å². The number of morpholine rings is 1. The van der Waals surface area contributed by atoms with Crippen LogP contribution in [0.15, 0.2) is 24.3 Å². The number of hydrogen-bond acceptors (Lipinski definition) is 8. The molecule has 0 amide bonds. The quantitative estimate of drug-likeness (QED) is 0.372. The number of carbonyl (C=O) groups excluding carboxylic acids is 1. The fourth-order valence-corrected chi connectivity index (χ4v) is 4.86. The molecule has 0 aliphatic carbocycles. The molecular weight excluding hydrogens is 580 g/mol. The van der Waals surface area contributed by atoms with Crippen LogP contribution in [-0.2, 0) is 16.7 Å². The van der Waals surface area contributed by atoms with Crippen molar-refractivity contribution in [3.8, 4) is 11.5 Å². The van der Waals surface area contributed by atoms with Gasteiger partial charge in [0.2, 0.25) is 0 Å². The molecule has 220 valence electrons. The van der Waals surface area contributed by atoms with Crippen molar-refractivity contribution in [3.05, 3.63) is 52.1 Å². The van der Waals surface area contributed by atoms with Gasteiger partial charge in [-0.3, -0.25) is 10.2 Å². The third kappa shape index (κ3) is 6.94. The number of halogens is 1. The minimum absolute atomic E-state index is 0. The van der Waals surface area contributed by atoms with Crippen LogP contribution in [0.4, 0.5) is 5.69 Å². The van der Waals surface area contributed by atoms with E-state index >= 15 is 0 Å². The summed E-state index contributed by atoms with van der Waals surface area (Å²) >= 11 is 0. The lowest BCUT2D eigenvalue weighted by Gasteiger charge is -2.33. The van der Waals surface area contributed by atoms with E-state index in [0.29, 0.717) is 50.6 Å². The highest BCUT2D eigenvalue weighted by atomic mass is 79.9. The Balaban J connectivity index is 0.00000183. The summed E-state index contributed by atoms with van der Waals surface area (Å²) in [6, 6.07) is 6.91. The number of ether oxygens (including phenoxy) is 3. The second-order valence-corrected chi connectivity index (χ2v) is 10.3. The Morgan fingerprint density at radius 3 is 2.33 bits per heavy atom. The number of fused-ring (bicyclic) bond motifs is 1. The first-order valence-electron chi connectivity index (χ1n) is 13.1. The maximum Gasteiger partial charge on any atom is 0.339 e. The summed E-state index contributed by atoms with van der Waals surface area (Å²) < 4.78 is 16.9. The Hall–Kier alpha value is -3.15. The molecular formula is C29H41BrN4O6. The fourth-order valence-electron chi connectivity index (χ4n) is 4.86. The van der Waals surface area contributed by atoms with E-state index < -0.39 is 5.97 Å².